The highest BCUT2D eigenvalue weighted by Crippen LogP contribution is 2.16. The van der Waals surface area contributed by atoms with Gasteiger partial charge in [0.05, 0.1) is 11.1 Å². The number of aromatic nitrogens is 1. The van der Waals surface area contributed by atoms with Crippen LogP contribution in [0.5, 0.6) is 0 Å². The van der Waals surface area contributed by atoms with Gasteiger partial charge in [0, 0.05) is 18.1 Å². The van der Waals surface area contributed by atoms with E-state index < -0.39 is 0 Å². The lowest BCUT2D eigenvalue weighted by Gasteiger charge is -2.07. The number of benzene rings is 1. The van der Waals surface area contributed by atoms with Crippen LogP contribution in [0.2, 0.25) is 0 Å². The predicted octanol–water partition coefficient (Wildman–Crippen LogP) is 5.89. The summed E-state index contributed by atoms with van der Waals surface area (Å²) in [5.74, 6) is -0.0137. The number of carbonyl (C=O) groups is 1. The van der Waals surface area contributed by atoms with Crippen LogP contribution in [0.1, 0.15) is 81.5 Å². The van der Waals surface area contributed by atoms with Crippen LogP contribution in [0.25, 0.3) is 10.9 Å². The summed E-state index contributed by atoms with van der Waals surface area (Å²) >= 11 is 0. The molecule has 0 saturated heterocycles. The zero-order valence-corrected chi connectivity index (χ0v) is 15.6. The number of hydrogen-bond donors (Lipinski definition) is 1. The van der Waals surface area contributed by atoms with E-state index in [2.05, 4.69) is 17.2 Å². The molecule has 0 saturated carbocycles. The molecule has 136 valence electrons. The van der Waals surface area contributed by atoms with E-state index in [0.717, 1.165) is 23.9 Å². The highest BCUT2D eigenvalue weighted by molar-refractivity contribution is 6.05. The first-order valence-corrected chi connectivity index (χ1v) is 9.95. The number of unbranched alkanes of at least 4 members (excludes halogenated alkanes) is 9. The Hall–Kier alpha value is -1.90. The van der Waals surface area contributed by atoms with Gasteiger partial charge in [-0.05, 0) is 18.6 Å². The van der Waals surface area contributed by atoms with Gasteiger partial charge in [0.1, 0.15) is 0 Å². The molecule has 2 rings (SSSR count). The van der Waals surface area contributed by atoms with Crippen molar-refractivity contribution in [1.82, 2.24) is 10.3 Å². The Morgan fingerprint density at radius 1 is 0.880 bits per heavy atom. The summed E-state index contributed by atoms with van der Waals surface area (Å²) in [7, 11) is 0. The summed E-state index contributed by atoms with van der Waals surface area (Å²) in [6.07, 6.45) is 14.8. The van der Waals surface area contributed by atoms with Crippen LogP contribution in [0.15, 0.2) is 36.5 Å². The summed E-state index contributed by atoms with van der Waals surface area (Å²) in [6, 6.07) is 9.64. The maximum atomic E-state index is 12.4. The lowest BCUT2D eigenvalue weighted by Crippen LogP contribution is -2.24. The van der Waals surface area contributed by atoms with Crippen molar-refractivity contribution in [2.45, 2.75) is 71.1 Å². The molecule has 0 bridgehead atoms. The number of hydrogen-bond acceptors (Lipinski definition) is 2. The standard InChI is InChI=1S/C22H32N2O/c1-2-3-4-5-6-7-8-9-10-11-17-24-22(25)20-16-12-14-19-15-13-18-23-21(19)20/h12-16,18H,2-11,17H2,1H3,(H,24,25). The fraction of sp³-hybridized carbons (Fsp3) is 0.545. The van der Waals surface area contributed by atoms with Crippen molar-refractivity contribution in [2.75, 3.05) is 6.54 Å². The molecule has 0 aliphatic carbocycles. The number of para-hydroxylation sites is 1. The van der Waals surface area contributed by atoms with Crippen molar-refractivity contribution in [3.63, 3.8) is 0 Å². The topological polar surface area (TPSA) is 42.0 Å². The van der Waals surface area contributed by atoms with Crippen LogP contribution >= 0.6 is 0 Å². The summed E-state index contributed by atoms with van der Waals surface area (Å²) in [4.78, 5) is 16.7. The second kappa shape index (κ2) is 11.6. The molecule has 1 aromatic heterocycles. The Balaban J connectivity index is 1.58. The monoisotopic (exact) mass is 340 g/mol. The quantitative estimate of drug-likeness (QED) is 0.490. The molecule has 0 aliphatic rings. The van der Waals surface area contributed by atoms with Gasteiger partial charge in [-0.25, -0.2) is 0 Å². The van der Waals surface area contributed by atoms with Crippen molar-refractivity contribution in [1.29, 1.82) is 0 Å². The van der Waals surface area contributed by atoms with E-state index in [1.807, 2.05) is 30.3 Å². The fourth-order valence-corrected chi connectivity index (χ4v) is 3.20. The number of pyridine rings is 1. The average Bonchev–Trinajstić information content (AvgIpc) is 2.65. The van der Waals surface area contributed by atoms with E-state index in [4.69, 9.17) is 0 Å². The van der Waals surface area contributed by atoms with Gasteiger partial charge in [0.25, 0.3) is 5.91 Å². The number of nitrogens with one attached hydrogen (secondary N) is 1. The number of nitrogens with zero attached hydrogens (tertiary/aromatic N) is 1. The number of fused-ring (bicyclic) bond motifs is 1. The van der Waals surface area contributed by atoms with Crippen molar-refractivity contribution in [2.24, 2.45) is 0 Å². The molecule has 0 unspecified atom stereocenters. The molecule has 1 aromatic carbocycles. The van der Waals surface area contributed by atoms with Crippen molar-refractivity contribution < 1.29 is 4.79 Å². The molecule has 25 heavy (non-hydrogen) atoms. The zero-order valence-electron chi connectivity index (χ0n) is 15.6. The van der Waals surface area contributed by atoms with Gasteiger partial charge >= 0.3 is 0 Å². The Labute approximate surface area is 152 Å². The number of rotatable bonds is 12. The zero-order chi connectivity index (χ0) is 17.7. The average molecular weight is 341 g/mol. The van der Waals surface area contributed by atoms with Gasteiger partial charge in [0.2, 0.25) is 0 Å². The molecule has 0 fully saturated rings. The molecule has 1 amide bonds. The van der Waals surface area contributed by atoms with Crippen molar-refractivity contribution >= 4 is 16.8 Å². The molecule has 0 spiro atoms. The smallest absolute Gasteiger partial charge is 0.253 e. The first kappa shape index (κ1) is 19.4. The molecule has 0 aliphatic heterocycles. The normalized spacial score (nSPS) is 10.9. The minimum atomic E-state index is -0.0137. The molecule has 0 radical (unpaired) electrons. The Morgan fingerprint density at radius 2 is 1.52 bits per heavy atom. The van der Waals surface area contributed by atoms with Crippen LogP contribution in [0.4, 0.5) is 0 Å². The van der Waals surface area contributed by atoms with Crippen molar-refractivity contribution in [3.05, 3.63) is 42.1 Å². The first-order valence-electron chi connectivity index (χ1n) is 9.95. The fourth-order valence-electron chi connectivity index (χ4n) is 3.20. The molecular formula is C22H32N2O. The summed E-state index contributed by atoms with van der Waals surface area (Å²) < 4.78 is 0. The van der Waals surface area contributed by atoms with Crippen LogP contribution in [0, 0.1) is 0 Å². The van der Waals surface area contributed by atoms with Crippen LogP contribution in [-0.4, -0.2) is 17.4 Å². The maximum absolute atomic E-state index is 12.4. The molecule has 3 nitrogen and oxygen atoms in total. The Bertz CT molecular complexity index is 633. The molecule has 2 aromatic rings. The van der Waals surface area contributed by atoms with Crippen LogP contribution < -0.4 is 5.32 Å². The number of carbonyl (C=O) groups excluding carboxylic acids is 1. The minimum absolute atomic E-state index is 0.0137. The largest absolute Gasteiger partial charge is 0.352 e. The molecule has 1 N–H and O–H groups in total. The molecule has 0 atom stereocenters. The third-order valence-corrected chi connectivity index (χ3v) is 4.69. The van der Waals surface area contributed by atoms with E-state index in [1.54, 1.807) is 6.20 Å². The lowest BCUT2D eigenvalue weighted by molar-refractivity contribution is 0.0954. The first-order chi connectivity index (χ1) is 12.3. The summed E-state index contributed by atoms with van der Waals surface area (Å²) in [5, 5.41) is 4.05. The second-order valence-electron chi connectivity index (χ2n) is 6.82. The Morgan fingerprint density at radius 3 is 2.24 bits per heavy atom. The van der Waals surface area contributed by atoms with Crippen molar-refractivity contribution in [3.8, 4) is 0 Å². The maximum Gasteiger partial charge on any atom is 0.253 e. The van der Waals surface area contributed by atoms with Gasteiger partial charge in [-0.15, -0.1) is 0 Å². The van der Waals surface area contributed by atoms with E-state index in [9.17, 15) is 4.79 Å². The van der Waals surface area contributed by atoms with Gasteiger partial charge in [-0.1, -0.05) is 82.9 Å². The van der Waals surface area contributed by atoms with E-state index in [0.29, 0.717) is 5.56 Å². The Kier molecular flexibility index (Phi) is 9.03. The second-order valence-corrected chi connectivity index (χ2v) is 6.82. The third-order valence-electron chi connectivity index (χ3n) is 4.69. The summed E-state index contributed by atoms with van der Waals surface area (Å²) in [6.45, 7) is 3.01. The minimum Gasteiger partial charge on any atom is -0.352 e. The number of amides is 1. The van der Waals surface area contributed by atoms with Gasteiger partial charge in [0.15, 0.2) is 0 Å². The van der Waals surface area contributed by atoms with Crippen LogP contribution in [-0.2, 0) is 0 Å². The highest BCUT2D eigenvalue weighted by Gasteiger charge is 2.09. The molecule has 3 heteroatoms. The molecular weight excluding hydrogens is 308 g/mol. The van der Waals surface area contributed by atoms with Crippen LogP contribution in [0.3, 0.4) is 0 Å². The van der Waals surface area contributed by atoms with E-state index in [-0.39, 0.29) is 5.91 Å². The predicted molar refractivity (Wildman–Crippen MR) is 106 cm³/mol. The highest BCUT2D eigenvalue weighted by atomic mass is 16.1. The third kappa shape index (κ3) is 6.85. The summed E-state index contributed by atoms with van der Waals surface area (Å²) in [5.41, 5.74) is 1.45. The van der Waals surface area contributed by atoms with Gasteiger partial charge in [-0.2, -0.15) is 0 Å². The van der Waals surface area contributed by atoms with E-state index >= 15 is 0 Å². The van der Waals surface area contributed by atoms with Gasteiger partial charge in [-0.3, -0.25) is 9.78 Å². The lowest BCUT2D eigenvalue weighted by atomic mass is 10.1. The van der Waals surface area contributed by atoms with Gasteiger partial charge < -0.3 is 5.32 Å². The SMILES string of the molecule is CCCCCCCCCCCCNC(=O)c1cccc2cccnc12. The molecule has 1 heterocycles. The van der Waals surface area contributed by atoms with E-state index in [1.165, 1.54) is 57.8 Å².